The second-order valence-electron chi connectivity index (χ2n) is 15.6. The molecule has 2 nitrogen and oxygen atoms in total. The Morgan fingerprint density at radius 3 is 1.50 bits per heavy atom. The van der Waals surface area contributed by atoms with Crippen molar-refractivity contribution in [3.05, 3.63) is 205 Å². The van der Waals surface area contributed by atoms with Gasteiger partial charge in [-0.25, -0.2) is 0 Å². The Hall–Kier alpha value is -7.29. The van der Waals surface area contributed by atoms with Crippen LogP contribution in [0.1, 0.15) is 16.8 Å². The van der Waals surface area contributed by atoms with Crippen molar-refractivity contribution in [3.63, 3.8) is 0 Å². The molecule has 9 aromatic carbocycles. The summed E-state index contributed by atoms with van der Waals surface area (Å²) < 4.78 is 2.40. The summed E-state index contributed by atoms with van der Waals surface area (Å²) in [6.07, 6.45) is 2.06. The molecule has 0 N–H and O–H groups in total. The maximum Gasteiger partial charge on any atom is 0.0541 e. The van der Waals surface area contributed by atoms with Crippen LogP contribution in [0.2, 0.25) is 0 Å². The van der Waals surface area contributed by atoms with Crippen molar-refractivity contribution in [2.24, 2.45) is 0 Å². The average molecular weight is 741 g/mol. The third-order valence-corrected chi connectivity index (χ3v) is 12.2. The zero-order valence-electron chi connectivity index (χ0n) is 32.8. The summed E-state index contributed by atoms with van der Waals surface area (Å²) in [5.74, 6) is 0. The fraction of sp³-hybridized carbons (Fsp3) is 0.0536. The highest BCUT2D eigenvalue weighted by atomic mass is 15.0. The lowest BCUT2D eigenvalue weighted by molar-refractivity contribution is 1.16. The van der Waals surface area contributed by atoms with Crippen molar-refractivity contribution in [2.45, 2.75) is 20.8 Å². The number of nitrogens with zero attached hydrogens (tertiary/aromatic N) is 2. The molecule has 0 atom stereocenters. The van der Waals surface area contributed by atoms with Crippen LogP contribution in [-0.4, -0.2) is 9.55 Å². The maximum atomic E-state index is 5.03. The van der Waals surface area contributed by atoms with Crippen molar-refractivity contribution < 1.29 is 0 Å². The van der Waals surface area contributed by atoms with Crippen LogP contribution in [0.3, 0.4) is 0 Å². The minimum atomic E-state index is 1.03. The molecule has 0 aliphatic carbocycles. The van der Waals surface area contributed by atoms with Gasteiger partial charge in [-0.05, 0) is 122 Å². The van der Waals surface area contributed by atoms with E-state index in [0.717, 1.165) is 16.9 Å². The molecule has 11 aromatic rings. The van der Waals surface area contributed by atoms with Crippen LogP contribution >= 0.6 is 0 Å². The first kappa shape index (κ1) is 34.0. The van der Waals surface area contributed by atoms with Gasteiger partial charge in [0.05, 0.1) is 11.0 Å². The smallest absolute Gasteiger partial charge is 0.0541 e. The van der Waals surface area contributed by atoms with Crippen molar-refractivity contribution in [3.8, 4) is 50.2 Å². The molecule has 2 heteroatoms. The van der Waals surface area contributed by atoms with Gasteiger partial charge in [0, 0.05) is 39.5 Å². The monoisotopic (exact) mass is 740 g/mol. The molecular weight excluding hydrogens is 701 g/mol. The predicted molar refractivity (Wildman–Crippen MR) is 247 cm³/mol. The average Bonchev–Trinajstić information content (AvgIpc) is 3.60. The number of aromatic nitrogens is 2. The second kappa shape index (κ2) is 13.4. The highest BCUT2D eigenvalue weighted by molar-refractivity contribution is 6.23. The van der Waals surface area contributed by atoms with Gasteiger partial charge in [0.1, 0.15) is 0 Å². The highest BCUT2D eigenvalue weighted by Gasteiger charge is 2.20. The van der Waals surface area contributed by atoms with Crippen LogP contribution in [0, 0.1) is 20.8 Å². The molecular formula is C56H40N2. The van der Waals surface area contributed by atoms with Crippen molar-refractivity contribution in [2.75, 3.05) is 0 Å². The van der Waals surface area contributed by atoms with Crippen LogP contribution < -0.4 is 0 Å². The number of benzene rings is 9. The molecule has 0 bridgehead atoms. The first-order valence-corrected chi connectivity index (χ1v) is 20.1. The van der Waals surface area contributed by atoms with Gasteiger partial charge in [0.15, 0.2) is 0 Å². The molecule has 0 aliphatic heterocycles. The fourth-order valence-corrected chi connectivity index (χ4v) is 9.67. The zero-order valence-corrected chi connectivity index (χ0v) is 32.8. The molecule has 2 aromatic heterocycles. The predicted octanol–water partition coefficient (Wildman–Crippen LogP) is 15.2. The first-order chi connectivity index (χ1) is 28.5. The van der Waals surface area contributed by atoms with Crippen LogP contribution in [0.4, 0.5) is 0 Å². The van der Waals surface area contributed by atoms with Crippen molar-refractivity contribution in [1.82, 2.24) is 9.55 Å². The lowest BCUT2D eigenvalue weighted by Crippen LogP contribution is -1.98. The Morgan fingerprint density at radius 2 is 0.879 bits per heavy atom. The summed E-state index contributed by atoms with van der Waals surface area (Å²) in [4.78, 5) is 5.03. The molecule has 58 heavy (non-hydrogen) atoms. The van der Waals surface area contributed by atoms with Crippen LogP contribution in [-0.2, 0) is 0 Å². The van der Waals surface area contributed by atoms with E-state index in [2.05, 4.69) is 214 Å². The Bertz CT molecular complexity index is 3300. The van der Waals surface area contributed by atoms with E-state index in [1.807, 2.05) is 0 Å². The van der Waals surface area contributed by atoms with Gasteiger partial charge in [0.2, 0.25) is 0 Å². The highest BCUT2D eigenvalue weighted by Crippen LogP contribution is 2.46. The van der Waals surface area contributed by atoms with Gasteiger partial charge < -0.3 is 4.57 Å². The van der Waals surface area contributed by atoms with Crippen LogP contribution in [0.5, 0.6) is 0 Å². The van der Waals surface area contributed by atoms with Gasteiger partial charge in [0.25, 0.3) is 0 Å². The lowest BCUT2D eigenvalue weighted by atomic mass is 9.84. The Morgan fingerprint density at radius 1 is 0.379 bits per heavy atom. The minimum Gasteiger partial charge on any atom is -0.309 e. The summed E-state index contributed by atoms with van der Waals surface area (Å²) in [7, 11) is 0. The summed E-state index contributed by atoms with van der Waals surface area (Å²) in [6, 6.07) is 66.8. The quantitative estimate of drug-likeness (QED) is 0.161. The number of rotatable bonds is 5. The number of hydrogen-bond acceptors (Lipinski definition) is 1. The van der Waals surface area contributed by atoms with Crippen molar-refractivity contribution >= 4 is 54.1 Å². The largest absolute Gasteiger partial charge is 0.309 e. The normalized spacial score (nSPS) is 11.7. The first-order valence-electron chi connectivity index (χ1n) is 20.1. The number of aryl methyl sites for hydroxylation is 2. The number of fused-ring (bicyclic) bond motifs is 6. The molecule has 0 amide bonds. The lowest BCUT2D eigenvalue weighted by Gasteiger charge is -2.19. The van der Waals surface area contributed by atoms with Crippen LogP contribution in [0.15, 0.2) is 188 Å². The van der Waals surface area contributed by atoms with E-state index in [1.54, 1.807) is 0 Å². The van der Waals surface area contributed by atoms with Gasteiger partial charge in [-0.1, -0.05) is 158 Å². The van der Waals surface area contributed by atoms with E-state index in [9.17, 15) is 0 Å². The number of para-hydroxylation sites is 2. The van der Waals surface area contributed by atoms with Crippen molar-refractivity contribution in [1.29, 1.82) is 0 Å². The Balaban J connectivity index is 1.04. The van der Waals surface area contributed by atoms with E-state index in [4.69, 9.17) is 4.98 Å². The minimum absolute atomic E-state index is 1.03. The summed E-state index contributed by atoms with van der Waals surface area (Å²) >= 11 is 0. The summed E-state index contributed by atoms with van der Waals surface area (Å²) in [5.41, 5.74) is 16.7. The molecule has 0 saturated carbocycles. The molecule has 274 valence electrons. The molecule has 0 saturated heterocycles. The van der Waals surface area contributed by atoms with Gasteiger partial charge >= 0.3 is 0 Å². The third-order valence-electron chi connectivity index (χ3n) is 12.2. The van der Waals surface area contributed by atoms with Gasteiger partial charge in [-0.2, -0.15) is 0 Å². The molecule has 0 fully saturated rings. The zero-order chi connectivity index (χ0) is 38.9. The maximum absolute atomic E-state index is 5.03. The van der Waals surface area contributed by atoms with E-state index >= 15 is 0 Å². The van der Waals surface area contributed by atoms with E-state index in [0.29, 0.717) is 0 Å². The second-order valence-corrected chi connectivity index (χ2v) is 15.6. The van der Waals surface area contributed by atoms with E-state index in [1.165, 1.54) is 104 Å². The molecule has 0 unspecified atom stereocenters. The van der Waals surface area contributed by atoms with E-state index < -0.39 is 0 Å². The Labute approximate surface area is 338 Å². The topological polar surface area (TPSA) is 17.8 Å². The van der Waals surface area contributed by atoms with Crippen LogP contribution in [0.25, 0.3) is 104 Å². The molecule has 2 heterocycles. The number of pyridine rings is 1. The standard InChI is InChI=1S/C56H40N2/c1-35-31-41(33-42(32-35)58-52-25-12-10-18-44(52)45-19-11-13-26-53(45)58)51-34-57-37(3)54(36(51)2)39-27-29-40(30-28-39)55-47-20-6-8-22-49(47)56(50-23-9-7-21-48(50)55)46-24-14-16-38-15-4-5-17-43(38)46/h4-34H,1-3H3. The third kappa shape index (κ3) is 5.29. The molecule has 11 rings (SSSR count). The number of hydrogen-bond donors (Lipinski definition) is 0. The molecule has 0 aliphatic rings. The van der Waals surface area contributed by atoms with E-state index in [-0.39, 0.29) is 0 Å². The summed E-state index contributed by atoms with van der Waals surface area (Å²) in [6.45, 7) is 6.58. The van der Waals surface area contributed by atoms with Gasteiger partial charge in [-0.15, -0.1) is 0 Å². The SMILES string of the molecule is Cc1cc(-c2cnc(C)c(-c3ccc(-c4c5ccccc5c(-c5cccc6ccccc56)c5ccccc45)cc3)c2C)cc(-n2c3ccccc3c3ccccc32)c1. The summed E-state index contributed by atoms with van der Waals surface area (Å²) in [5, 5.41) is 10.1. The fourth-order valence-electron chi connectivity index (χ4n) is 9.67. The molecule has 0 spiro atoms. The molecule has 0 radical (unpaired) electrons. The Kier molecular flexibility index (Phi) is 7.87. The van der Waals surface area contributed by atoms with Gasteiger partial charge in [-0.3, -0.25) is 4.98 Å².